The summed E-state index contributed by atoms with van der Waals surface area (Å²) in [6.07, 6.45) is 8.83. The molecule has 4 rings (SSSR count). The van der Waals surface area contributed by atoms with E-state index in [1.807, 2.05) is 53.1 Å². The number of carbonyl (C=O) groups excluding carboxylic acids is 1. The number of nitrogens with one attached hydrogen (secondary N) is 2. The molecule has 3 aromatic rings. The molecule has 8 heteroatoms. The summed E-state index contributed by atoms with van der Waals surface area (Å²) >= 11 is 0. The Bertz CT molecular complexity index is 1280. The van der Waals surface area contributed by atoms with Crippen molar-refractivity contribution in [1.29, 1.82) is 0 Å². The van der Waals surface area contributed by atoms with Crippen LogP contribution in [0.4, 0.5) is 0 Å². The molecule has 0 saturated carbocycles. The molecule has 1 atom stereocenters. The van der Waals surface area contributed by atoms with Crippen LogP contribution in [-0.4, -0.2) is 37.2 Å². The predicted molar refractivity (Wildman–Crippen MR) is 117 cm³/mol. The zero-order valence-electron chi connectivity index (χ0n) is 16.7. The van der Waals surface area contributed by atoms with Crippen molar-refractivity contribution in [3.8, 4) is 0 Å². The Kier molecular flexibility index (Phi) is 5.05. The topological polar surface area (TPSA) is 93.1 Å². The number of allylic oxidation sites excluding steroid dienone is 2. The normalized spacial score (nSPS) is 18.9. The molecular formula is C22H22N4O3S. The van der Waals surface area contributed by atoms with Crippen LogP contribution in [0, 0.1) is 0 Å². The van der Waals surface area contributed by atoms with E-state index < -0.39 is 15.7 Å². The van der Waals surface area contributed by atoms with Crippen molar-refractivity contribution < 1.29 is 13.2 Å². The Morgan fingerprint density at radius 3 is 2.63 bits per heavy atom. The molecule has 1 aliphatic carbocycles. The number of sulfonamides is 1. The summed E-state index contributed by atoms with van der Waals surface area (Å²) in [4.78, 5) is 16.4. The van der Waals surface area contributed by atoms with Gasteiger partial charge in [0.2, 0.25) is 10.0 Å². The largest absolute Gasteiger partial charge is 0.355 e. The van der Waals surface area contributed by atoms with Gasteiger partial charge < -0.3 is 9.88 Å². The first-order valence-electron chi connectivity index (χ1n) is 9.44. The summed E-state index contributed by atoms with van der Waals surface area (Å²) < 4.78 is 29.2. The molecule has 1 unspecified atom stereocenters. The second-order valence-electron chi connectivity index (χ2n) is 7.29. The Labute approximate surface area is 175 Å². The van der Waals surface area contributed by atoms with Crippen molar-refractivity contribution in [2.45, 2.75) is 12.1 Å². The highest BCUT2D eigenvalue weighted by molar-refractivity contribution is 7.88. The van der Waals surface area contributed by atoms with Crippen LogP contribution >= 0.6 is 0 Å². The van der Waals surface area contributed by atoms with Gasteiger partial charge in [-0.1, -0.05) is 42.5 Å². The van der Waals surface area contributed by atoms with Gasteiger partial charge in [-0.25, -0.2) is 13.4 Å². The van der Waals surface area contributed by atoms with Crippen LogP contribution in [0.2, 0.25) is 0 Å². The summed E-state index contributed by atoms with van der Waals surface area (Å²) in [6, 6.07) is 15.0. The van der Waals surface area contributed by atoms with E-state index in [1.54, 1.807) is 31.6 Å². The molecule has 0 aliphatic heterocycles. The van der Waals surface area contributed by atoms with Crippen molar-refractivity contribution in [2.24, 2.45) is 0 Å². The van der Waals surface area contributed by atoms with Crippen molar-refractivity contribution in [3.63, 3.8) is 0 Å². The molecule has 30 heavy (non-hydrogen) atoms. The number of fused-ring (bicyclic) bond motifs is 1. The fourth-order valence-electron chi connectivity index (χ4n) is 3.80. The average Bonchev–Trinajstić information content (AvgIpc) is 3.17. The van der Waals surface area contributed by atoms with E-state index in [0.29, 0.717) is 17.5 Å². The summed E-state index contributed by atoms with van der Waals surface area (Å²) in [5, 5.41) is 2.59. The van der Waals surface area contributed by atoms with Crippen LogP contribution in [0.5, 0.6) is 0 Å². The maximum atomic E-state index is 12.3. The molecule has 1 aromatic heterocycles. The summed E-state index contributed by atoms with van der Waals surface area (Å²) in [6.45, 7) is 0. The molecule has 1 amide bonds. The first kappa shape index (κ1) is 20.1. The molecular weight excluding hydrogens is 400 g/mol. The number of aromatic nitrogens is 2. The highest BCUT2D eigenvalue weighted by atomic mass is 32.2. The Morgan fingerprint density at radius 1 is 1.17 bits per heavy atom. The smallest absolute Gasteiger partial charge is 0.251 e. The summed E-state index contributed by atoms with van der Waals surface area (Å²) in [5.41, 5.74) is 2.78. The third-order valence-electron chi connectivity index (χ3n) is 5.10. The third kappa shape index (κ3) is 3.79. The molecule has 0 spiro atoms. The van der Waals surface area contributed by atoms with Gasteiger partial charge in [0.15, 0.2) is 0 Å². The summed E-state index contributed by atoms with van der Waals surface area (Å²) in [5.74, 6) is -0.206. The van der Waals surface area contributed by atoms with Crippen LogP contribution < -0.4 is 10.0 Å². The van der Waals surface area contributed by atoms with Gasteiger partial charge in [0.05, 0.1) is 23.6 Å². The highest BCUT2D eigenvalue weighted by Gasteiger charge is 2.36. The summed E-state index contributed by atoms with van der Waals surface area (Å²) in [7, 11) is -1.98. The van der Waals surface area contributed by atoms with E-state index in [9.17, 15) is 13.2 Å². The number of imidazole rings is 1. The molecule has 154 valence electrons. The van der Waals surface area contributed by atoms with E-state index in [2.05, 4.69) is 15.0 Å². The predicted octanol–water partition coefficient (Wildman–Crippen LogP) is 2.64. The third-order valence-corrected chi connectivity index (χ3v) is 5.83. The van der Waals surface area contributed by atoms with E-state index >= 15 is 0 Å². The lowest BCUT2D eigenvalue weighted by atomic mass is 9.90. The van der Waals surface area contributed by atoms with Crippen molar-refractivity contribution >= 4 is 32.5 Å². The van der Waals surface area contributed by atoms with Crippen molar-refractivity contribution in [1.82, 2.24) is 19.6 Å². The van der Waals surface area contributed by atoms with Crippen LogP contribution in [0.3, 0.4) is 0 Å². The maximum Gasteiger partial charge on any atom is 0.251 e. The minimum absolute atomic E-state index is 0.206. The fraction of sp³-hybridized carbons (Fsp3) is 0.182. The van der Waals surface area contributed by atoms with Gasteiger partial charge in [0.1, 0.15) is 5.66 Å². The van der Waals surface area contributed by atoms with E-state index in [4.69, 9.17) is 0 Å². The highest BCUT2D eigenvalue weighted by Crippen LogP contribution is 2.36. The van der Waals surface area contributed by atoms with E-state index in [-0.39, 0.29) is 5.91 Å². The number of hydrogen-bond donors (Lipinski definition) is 2. The van der Waals surface area contributed by atoms with Gasteiger partial charge in [-0.15, -0.1) is 0 Å². The van der Waals surface area contributed by atoms with Gasteiger partial charge in [-0.2, -0.15) is 4.72 Å². The number of carbonyl (C=O) groups is 1. The number of nitrogens with zero attached hydrogens (tertiary/aromatic N) is 2. The maximum absolute atomic E-state index is 12.3. The molecule has 0 fully saturated rings. The zero-order valence-corrected chi connectivity index (χ0v) is 17.5. The van der Waals surface area contributed by atoms with Gasteiger partial charge >= 0.3 is 0 Å². The molecule has 7 nitrogen and oxygen atoms in total. The van der Waals surface area contributed by atoms with Crippen LogP contribution in [0.25, 0.3) is 16.6 Å². The Hall–Kier alpha value is -3.23. The SMILES string of the molecule is CNC(=O)c1ccc2c(c1)ncn2C1(NS(C)(=O)=O)C=CC=C(c2ccccc2)C1. The Morgan fingerprint density at radius 2 is 1.93 bits per heavy atom. The molecule has 1 heterocycles. The van der Waals surface area contributed by atoms with E-state index in [1.165, 1.54) is 0 Å². The molecule has 2 aromatic carbocycles. The molecule has 1 aliphatic rings. The lowest BCUT2D eigenvalue weighted by Gasteiger charge is -2.36. The quantitative estimate of drug-likeness (QED) is 0.661. The number of rotatable bonds is 5. The number of benzene rings is 2. The molecule has 0 bridgehead atoms. The number of amides is 1. The lowest BCUT2D eigenvalue weighted by molar-refractivity contribution is 0.0963. The number of hydrogen-bond acceptors (Lipinski definition) is 4. The second kappa shape index (κ2) is 7.55. The Balaban J connectivity index is 1.84. The van der Waals surface area contributed by atoms with Gasteiger partial charge in [-0.05, 0) is 35.4 Å². The fourth-order valence-corrected chi connectivity index (χ4v) is 4.68. The molecule has 0 radical (unpaired) electrons. The molecule has 2 N–H and O–H groups in total. The first-order valence-corrected chi connectivity index (χ1v) is 11.3. The molecule has 0 saturated heterocycles. The standard InChI is InChI=1S/C22H22N4O3S/c1-23-21(27)17-10-11-20-19(13-17)24-15-26(20)22(25-30(2,28)29)12-6-9-18(14-22)16-7-4-3-5-8-16/h3-13,15,25H,14H2,1-2H3,(H,23,27). The minimum atomic E-state index is -3.55. The van der Waals surface area contributed by atoms with Gasteiger partial charge in [0.25, 0.3) is 5.91 Å². The second-order valence-corrected chi connectivity index (χ2v) is 9.04. The van der Waals surface area contributed by atoms with Crippen LogP contribution in [0.1, 0.15) is 22.3 Å². The average molecular weight is 423 g/mol. The van der Waals surface area contributed by atoms with Crippen LogP contribution in [0.15, 0.2) is 73.1 Å². The monoisotopic (exact) mass is 422 g/mol. The first-order chi connectivity index (χ1) is 14.3. The van der Waals surface area contributed by atoms with E-state index in [0.717, 1.165) is 22.9 Å². The van der Waals surface area contributed by atoms with Gasteiger partial charge in [0, 0.05) is 19.0 Å². The zero-order chi connectivity index (χ0) is 21.4. The lowest BCUT2D eigenvalue weighted by Crippen LogP contribution is -2.49. The van der Waals surface area contributed by atoms with Crippen molar-refractivity contribution in [3.05, 3.63) is 84.2 Å². The van der Waals surface area contributed by atoms with Crippen molar-refractivity contribution in [2.75, 3.05) is 13.3 Å². The minimum Gasteiger partial charge on any atom is -0.355 e. The van der Waals surface area contributed by atoms with Gasteiger partial charge in [-0.3, -0.25) is 4.79 Å². The van der Waals surface area contributed by atoms with Crippen LogP contribution in [-0.2, 0) is 15.7 Å².